The largest absolute Gasteiger partial charge is 0.362 e. The van der Waals surface area contributed by atoms with Gasteiger partial charge in [0.2, 0.25) is 0 Å². The molecule has 38 valence electrons. The highest BCUT2D eigenvalue weighted by Gasteiger charge is 1.89. The standard InChI is InChI=1S/C5H7NO/c1-5-3-2-4-6-7-5/h3-4H,2H2,1H3. The van der Waals surface area contributed by atoms with E-state index in [1.807, 2.05) is 13.0 Å². The van der Waals surface area contributed by atoms with Crippen molar-refractivity contribution in [1.82, 2.24) is 0 Å². The van der Waals surface area contributed by atoms with Gasteiger partial charge in [-0.05, 0) is 13.0 Å². The maximum absolute atomic E-state index is 4.71. The first-order valence-corrected chi connectivity index (χ1v) is 2.25. The van der Waals surface area contributed by atoms with Gasteiger partial charge in [-0.1, -0.05) is 5.16 Å². The lowest BCUT2D eigenvalue weighted by Gasteiger charge is -1.99. The summed E-state index contributed by atoms with van der Waals surface area (Å²) < 4.78 is 0. The van der Waals surface area contributed by atoms with Gasteiger partial charge in [-0.2, -0.15) is 0 Å². The maximum atomic E-state index is 4.71. The van der Waals surface area contributed by atoms with Crippen LogP contribution in [0.1, 0.15) is 13.3 Å². The van der Waals surface area contributed by atoms with Crippen LogP contribution in [0.15, 0.2) is 17.0 Å². The summed E-state index contributed by atoms with van der Waals surface area (Å²) in [5.74, 6) is 0.891. The fourth-order valence-corrected chi connectivity index (χ4v) is 0.419. The van der Waals surface area contributed by atoms with Gasteiger partial charge in [0, 0.05) is 12.6 Å². The third-order valence-electron chi connectivity index (χ3n) is 0.782. The Morgan fingerprint density at radius 3 is 3.00 bits per heavy atom. The molecule has 0 fully saturated rings. The number of nitrogens with zero attached hydrogens (tertiary/aromatic N) is 1. The number of rotatable bonds is 0. The molecule has 0 aliphatic carbocycles. The summed E-state index contributed by atoms with van der Waals surface area (Å²) in [4.78, 5) is 4.71. The molecule has 0 saturated heterocycles. The summed E-state index contributed by atoms with van der Waals surface area (Å²) in [5.41, 5.74) is 0. The number of hydrogen-bond donors (Lipinski definition) is 0. The molecule has 0 radical (unpaired) electrons. The minimum Gasteiger partial charge on any atom is -0.362 e. The molecule has 0 unspecified atom stereocenters. The molecule has 1 aliphatic heterocycles. The van der Waals surface area contributed by atoms with Crippen molar-refractivity contribution in [1.29, 1.82) is 0 Å². The van der Waals surface area contributed by atoms with Crippen LogP contribution in [0.3, 0.4) is 0 Å². The molecule has 0 aromatic heterocycles. The van der Waals surface area contributed by atoms with Crippen LogP contribution in [0.25, 0.3) is 0 Å². The second-order valence-electron chi connectivity index (χ2n) is 1.43. The summed E-state index contributed by atoms with van der Waals surface area (Å²) in [6.07, 6.45) is 4.62. The Kier molecular flexibility index (Phi) is 1.11. The monoisotopic (exact) mass is 97.1 g/mol. The zero-order valence-corrected chi connectivity index (χ0v) is 4.22. The summed E-state index contributed by atoms with van der Waals surface area (Å²) >= 11 is 0. The fraction of sp³-hybridized carbons (Fsp3) is 0.400. The highest BCUT2D eigenvalue weighted by atomic mass is 16.6. The molecule has 0 aromatic rings. The van der Waals surface area contributed by atoms with E-state index >= 15 is 0 Å². The van der Waals surface area contributed by atoms with Gasteiger partial charge in [0.15, 0.2) is 0 Å². The molecule has 2 heteroatoms. The fourth-order valence-electron chi connectivity index (χ4n) is 0.419. The van der Waals surface area contributed by atoms with E-state index in [9.17, 15) is 0 Å². The molecule has 1 aliphatic rings. The molecular weight excluding hydrogens is 90.1 g/mol. The van der Waals surface area contributed by atoms with Crippen LogP contribution in [-0.2, 0) is 4.84 Å². The first-order valence-electron chi connectivity index (χ1n) is 2.25. The number of allylic oxidation sites excluding steroid dienone is 2. The third-order valence-corrected chi connectivity index (χ3v) is 0.782. The Labute approximate surface area is 42.5 Å². The molecule has 0 amide bonds. The van der Waals surface area contributed by atoms with Crippen molar-refractivity contribution < 1.29 is 4.84 Å². The van der Waals surface area contributed by atoms with Crippen molar-refractivity contribution in [2.24, 2.45) is 5.16 Å². The first kappa shape index (κ1) is 4.37. The van der Waals surface area contributed by atoms with E-state index in [4.69, 9.17) is 4.84 Å². The minimum absolute atomic E-state index is 0.891. The van der Waals surface area contributed by atoms with Gasteiger partial charge in [0.05, 0.1) is 0 Å². The van der Waals surface area contributed by atoms with Crippen molar-refractivity contribution in [2.75, 3.05) is 0 Å². The molecule has 0 atom stereocenters. The van der Waals surface area contributed by atoms with Gasteiger partial charge >= 0.3 is 0 Å². The van der Waals surface area contributed by atoms with E-state index in [-0.39, 0.29) is 0 Å². The van der Waals surface area contributed by atoms with E-state index < -0.39 is 0 Å². The quantitative estimate of drug-likeness (QED) is 0.446. The van der Waals surface area contributed by atoms with Gasteiger partial charge in [-0.15, -0.1) is 0 Å². The highest BCUT2D eigenvalue weighted by molar-refractivity contribution is 5.59. The van der Waals surface area contributed by atoms with Crippen molar-refractivity contribution in [2.45, 2.75) is 13.3 Å². The lowest BCUT2D eigenvalue weighted by Crippen LogP contribution is -1.86. The van der Waals surface area contributed by atoms with Crippen LogP contribution < -0.4 is 0 Å². The number of hydrogen-bond acceptors (Lipinski definition) is 2. The predicted molar refractivity (Wildman–Crippen MR) is 28.0 cm³/mol. The normalized spacial score (nSPS) is 18.1. The van der Waals surface area contributed by atoms with Gasteiger partial charge in [0.1, 0.15) is 5.76 Å². The Morgan fingerprint density at radius 1 is 1.86 bits per heavy atom. The van der Waals surface area contributed by atoms with E-state index in [2.05, 4.69) is 5.16 Å². The molecule has 1 heterocycles. The second kappa shape index (κ2) is 1.78. The zero-order valence-electron chi connectivity index (χ0n) is 4.22. The molecule has 0 bridgehead atoms. The summed E-state index contributed by atoms with van der Waals surface area (Å²) in [6.45, 7) is 1.89. The number of oxime groups is 1. The van der Waals surface area contributed by atoms with Crippen molar-refractivity contribution in [3.05, 3.63) is 11.8 Å². The average molecular weight is 97.1 g/mol. The van der Waals surface area contributed by atoms with Crippen LogP contribution >= 0.6 is 0 Å². The van der Waals surface area contributed by atoms with Gasteiger partial charge in [-0.3, -0.25) is 0 Å². The van der Waals surface area contributed by atoms with Crippen LogP contribution in [-0.4, -0.2) is 6.21 Å². The van der Waals surface area contributed by atoms with Crippen molar-refractivity contribution in [3.63, 3.8) is 0 Å². The predicted octanol–water partition coefficient (Wildman–Crippen LogP) is 1.30. The van der Waals surface area contributed by atoms with Crippen molar-refractivity contribution in [3.8, 4) is 0 Å². The Balaban J connectivity index is 2.50. The third kappa shape index (κ3) is 1.03. The summed E-state index contributed by atoms with van der Waals surface area (Å²) in [6, 6.07) is 0. The lowest BCUT2D eigenvalue weighted by atomic mass is 10.4. The first-order chi connectivity index (χ1) is 3.39. The van der Waals surface area contributed by atoms with Gasteiger partial charge < -0.3 is 4.84 Å². The maximum Gasteiger partial charge on any atom is 0.128 e. The van der Waals surface area contributed by atoms with E-state index in [1.165, 1.54) is 0 Å². The molecule has 7 heavy (non-hydrogen) atoms. The lowest BCUT2D eigenvalue weighted by molar-refractivity contribution is 0.225. The SMILES string of the molecule is CC1=CCC=NO1. The summed E-state index contributed by atoms with van der Waals surface area (Å²) in [7, 11) is 0. The molecule has 0 aromatic carbocycles. The summed E-state index contributed by atoms with van der Waals surface area (Å²) in [5, 5.41) is 3.56. The van der Waals surface area contributed by atoms with Gasteiger partial charge in [-0.25, -0.2) is 0 Å². The van der Waals surface area contributed by atoms with E-state index in [1.54, 1.807) is 6.21 Å². The zero-order chi connectivity index (χ0) is 5.11. The second-order valence-corrected chi connectivity index (χ2v) is 1.43. The molecular formula is C5H7NO. The molecule has 0 saturated carbocycles. The molecule has 0 spiro atoms. The van der Waals surface area contributed by atoms with E-state index in [0.717, 1.165) is 12.2 Å². The van der Waals surface area contributed by atoms with Crippen LogP contribution in [0.5, 0.6) is 0 Å². The Hall–Kier alpha value is -0.790. The minimum atomic E-state index is 0.891. The van der Waals surface area contributed by atoms with Crippen molar-refractivity contribution >= 4 is 6.21 Å². The average Bonchev–Trinajstić information content (AvgIpc) is 1.69. The Bertz CT molecular complexity index is 115. The van der Waals surface area contributed by atoms with E-state index in [0.29, 0.717) is 0 Å². The van der Waals surface area contributed by atoms with Crippen LogP contribution in [0.2, 0.25) is 0 Å². The molecule has 1 rings (SSSR count). The van der Waals surface area contributed by atoms with Crippen LogP contribution in [0.4, 0.5) is 0 Å². The Morgan fingerprint density at radius 2 is 2.71 bits per heavy atom. The van der Waals surface area contributed by atoms with Crippen LogP contribution in [0, 0.1) is 0 Å². The topological polar surface area (TPSA) is 21.6 Å². The molecule has 0 N–H and O–H groups in total. The smallest absolute Gasteiger partial charge is 0.128 e. The van der Waals surface area contributed by atoms with Gasteiger partial charge in [0.25, 0.3) is 0 Å². The molecule has 2 nitrogen and oxygen atoms in total. The highest BCUT2D eigenvalue weighted by Crippen LogP contribution is 2.00.